The van der Waals surface area contributed by atoms with Gasteiger partial charge in [-0.1, -0.05) is 0 Å². The van der Waals surface area contributed by atoms with E-state index in [4.69, 9.17) is 10.5 Å². The minimum absolute atomic E-state index is 0.172. The van der Waals surface area contributed by atoms with Crippen LogP contribution in [0.5, 0.6) is 0 Å². The molecule has 0 heterocycles. The van der Waals surface area contributed by atoms with Gasteiger partial charge in [-0.05, 0) is 31.5 Å². The standard InChI is InChI=1S/C12H16F3NOS/c1-2-17-6-3-7-18-11-5-4-9(8-10(11)16)12(13,14)15/h4-5,8H,2-3,6-7,16H2,1H3. The summed E-state index contributed by atoms with van der Waals surface area (Å²) in [6, 6.07) is 3.45. The van der Waals surface area contributed by atoms with Crippen molar-refractivity contribution in [3.05, 3.63) is 23.8 Å². The Labute approximate surface area is 109 Å². The van der Waals surface area contributed by atoms with Crippen LogP contribution in [-0.4, -0.2) is 19.0 Å². The highest BCUT2D eigenvalue weighted by atomic mass is 32.2. The van der Waals surface area contributed by atoms with E-state index in [-0.39, 0.29) is 5.69 Å². The number of nitrogen functional groups attached to an aromatic ring is 1. The lowest BCUT2D eigenvalue weighted by atomic mass is 10.2. The molecule has 0 aliphatic carbocycles. The largest absolute Gasteiger partial charge is 0.416 e. The maximum Gasteiger partial charge on any atom is 0.416 e. The van der Waals surface area contributed by atoms with Gasteiger partial charge in [0.2, 0.25) is 0 Å². The third-order valence-corrected chi connectivity index (χ3v) is 3.41. The molecule has 0 bridgehead atoms. The van der Waals surface area contributed by atoms with E-state index in [1.165, 1.54) is 17.8 Å². The van der Waals surface area contributed by atoms with Gasteiger partial charge in [0.25, 0.3) is 0 Å². The molecule has 0 aromatic heterocycles. The number of alkyl halides is 3. The smallest absolute Gasteiger partial charge is 0.398 e. The van der Waals surface area contributed by atoms with Gasteiger partial charge in [-0.3, -0.25) is 0 Å². The molecule has 0 aliphatic heterocycles. The molecule has 0 fully saturated rings. The van der Waals surface area contributed by atoms with Crippen LogP contribution in [0.1, 0.15) is 18.9 Å². The fourth-order valence-corrected chi connectivity index (χ4v) is 2.22. The van der Waals surface area contributed by atoms with Crippen molar-refractivity contribution in [3.63, 3.8) is 0 Å². The average molecular weight is 279 g/mol. The zero-order chi connectivity index (χ0) is 13.6. The van der Waals surface area contributed by atoms with Gasteiger partial charge < -0.3 is 10.5 Å². The van der Waals surface area contributed by atoms with Gasteiger partial charge in [0.05, 0.1) is 5.56 Å². The number of hydrogen-bond acceptors (Lipinski definition) is 3. The van der Waals surface area contributed by atoms with E-state index in [9.17, 15) is 13.2 Å². The lowest BCUT2D eigenvalue weighted by molar-refractivity contribution is -0.137. The second kappa shape index (κ2) is 6.89. The quantitative estimate of drug-likeness (QED) is 0.488. The number of nitrogens with two attached hydrogens (primary N) is 1. The van der Waals surface area contributed by atoms with Gasteiger partial charge in [0.15, 0.2) is 0 Å². The summed E-state index contributed by atoms with van der Waals surface area (Å²) in [6.45, 7) is 3.25. The Balaban J connectivity index is 2.53. The Morgan fingerprint density at radius 1 is 1.33 bits per heavy atom. The molecular formula is C12H16F3NOS. The summed E-state index contributed by atoms with van der Waals surface area (Å²) in [6.07, 6.45) is -3.49. The molecule has 0 radical (unpaired) electrons. The third-order valence-electron chi connectivity index (χ3n) is 2.23. The van der Waals surface area contributed by atoms with Crippen LogP contribution >= 0.6 is 11.8 Å². The summed E-state index contributed by atoms with van der Waals surface area (Å²) < 4.78 is 42.4. The summed E-state index contributed by atoms with van der Waals surface area (Å²) in [5, 5.41) is 0. The molecule has 1 aromatic rings. The topological polar surface area (TPSA) is 35.2 Å². The Bertz CT molecular complexity index is 382. The maximum absolute atomic E-state index is 12.4. The van der Waals surface area contributed by atoms with Crippen molar-refractivity contribution in [2.75, 3.05) is 24.7 Å². The lowest BCUT2D eigenvalue weighted by Gasteiger charge is -2.10. The van der Waals surface area contributed by atoms with E-state index < -0.39 is 11.7 Å². The monoisotopic (exact) mass is 279 g/mol. The molecular weight excluding hydrogens is 263 g/mol. The van der Waals surface area contributed by atoms with Crippen molar-refractivity contribution in [3.8, 4) is 0 Å². The van der Waals surface area contributed by atoms with Crippen molar-refractivity contribution in [2.24, 2.45) is 0 Å². The van der Waals surface area contributed by atoms with Crippen LogP contribution in [0, 0.1) is 0 Å². The predicted octanol–water partition coefficient (Wildman–Crippen LogP) is 3.81. The van der Waals surface area contributed by atoms with Crippen LogP contribution in [0.15, 0.2) is 23.1 Å². The van der Waals surface area contributed by atoms with Gasteiger partial charge in [-0.25, -0.2) is 0 Å². The first-order valence-corrected chi connectivity index (χ1v) is 6.61. The first kappa shape index (κ1) is 15.2. The highest BCUT2D eigenvalue weighted by Gasteiger charge is 2.30. The van der Waals surface area contributed by atoms with Crippen LogP contribution < -0.4 is 5.73 Å². The molecule has 0 spiro atoms. The summed E-state index contributed by atoms with van der Waals surface area (Å²) in [5.74, 6) is 0.773. The zero-order valence-electron chi connectivity index (χ0n) is 10.1. The van der Waals surface area contributed by atoms with Gasteiger partial charge in [0.1, 0.15) is 0 Å². The maximum atomic E-state index is 12.4. The summed E-state index contributed by atoms with van der Waals surface area (Å²) in [7, 11) is 0. The average Bonchev–Trinajstić information content (AvgIpc) is 2.29. The van der Waals surface area contributed by atoms with Crippen molar-refractivity contribution < 1.29 is 17.9 Å². The molecule has 0 amide bonds. The van der Waals surface area contributed by atoms with Crippen LogP contribution in [0.4, 0.5) is 18.9 Å². The molecule has 0 aliphatic rings. The van der Waals surface area contributed by atoms with E-state index in [1.54, 1.807) is 0 Å². The molecule has 2 N–H and O–H groups in total. The van der Waals surface area contributed by atoms with Crippen molar-refractivity contribution >= 4 is 17.4 Å². The number of benzene rings is 1. The first-order chi connectivity index (χ1) is 8.45. The van der Waals surface area contributed by atoms with E-state index in [0.29, 0.717) is 18.1 Å². The van der Waals surface area contributed by atoms with Crippen molar-refractivity contribution in [1.29, 1.82) is 0 Å². The number of ether oxygens (including phenoxy) is 1. The highest BCUT2D eigenvalue weighted by Crippen LogP contribution is 2.34. The second-order valence-corrected chi connectivity index (χ2v) is 4.79. The molecule has 102 valence electrons. The van der Waals surface area contributed by atoms with Gasteiger partial charge >= 0.3 is 6.18 Å². The molecule has 0 saturated heterocycles. The fraction of sp³-hybridized carbons (Fsp3) is 0.500. The molecule has 2 nitrogen and oxygen atoms in total. The van der Waals surface area contributed by atoms with Crippen molar-refractivity contribution in [1.82, 2.24) is 0 Å². The molecule has 18 heavy (non-hydrogen) atoms. The number of anilines is 1. The van der Waals surface area contributed by atoms with E-state index in [1.807, 2.05) is 6.92 Å². The first-order valence-electron chi connectivity index (χ1n) is 5.62. The van der Waals surface area contributed by atoms with E-state index >= 15 is 0 Å². The molecule has 0 atom stereocenters. The molecule has 1 aromatic carbocycles. The van der Waals surface area contributed by atoms with Crippen LogP contribution in [-0.2, 0) is 10.9 Å². The van der Waals surface area contributed by atoms with E-state index in [2.05, 4.69) is 0 Å². The fourth-order valence-electron chi connectivity index (χ4n) is 1.34. The number of halogens is 3. The van der Waals surface area contributed by atoms with Crippen LogP contribution in [0.2, 0.25) is 0 Å². The summed E-state index contributed by atoms with van der Waals surface area (Å²) in [4.78, 5) is 0.680. The number of thioether (sulfide) groups is 1. The van der Waals surface area contributed by atoms with Gasteiger partial charge in [-0.2, -0.15) is 13.2 Å². The lowest BCUT2D eigenvalue weighted by Crippen LogP contribution is -2.06. The minimum Gasteiger partial charge on any atom is -0.398 e. The molecule has 1 rings (SSSR count). The normalized spacial score (nSPS) is 11.8. The Kier molecular flexibility index (Phi) is 5.81. The zero-order valence-corrected chi connectivity index (χ0v) is 10.9. The summed E-state index contributed by atoms with van der Waals surface area (Å²) >= 11 is 1.44. The van der Waals surface area contributed by atoms with E-state index in [0.717, 1.165) is 24.3 Å². The second-order valence-electron chi connectivity index (χ2n) is 3.65. The third kappa shape index (κ3) is 4.78. The van der Waals surface area contributed by atoms with Crippen LogP contribution in [0.25, 0.3) is 0 Å². The number of hydrogen-bond donors (Lipinski definition) is 1. The number of rotatable bonds is 6. The minimum atomic E-state index is -4.34. The highest BCUT2D eigenvalue weighted by molar-refractivity contribution is 7.99. The Hall–Kier alpha value is -0.880. The predicted molar refractivity (Wildman–Crippen MR) is 67.7 cm³/mol. The summed E-state index contributed by atoms with van der Waals surface area (Å²) in [5.41, 5.74) is 5.07. The SMILES string of the molecule is CCOCCCSc1ccc(C(F)(F)F)cc1N. The van der Waals surface area contributed by atoms with Crippen molar-refractivity contribution in [2.45, 2.75) is 24.4 Å². The Morgan fingerprint density at radius 3 is 2.61 bits per heavy atom. The molecule has 6 heteroatoms. The Morgan fingerprint density at radius 2 is 2.06 bits per heavy atom. The van der Waals surface area contributed by atoms with Gasteiger partial charge in [-0.15, -0.1) is 11.8 Å². The van der Waals surface area contributed by atoms with Crippen LogP contribution in [0.3, 0.4) is 0 Å². The molecule has 0 unspecified atom stereocenters. The van der Waals surface area contributed by atoms with Gasteiger partial charge in [0, 0.05) is 29.5 Å². The molecule has 0 saturated carbocycles.